The summed E-state index contributed by atoms with van der Waals surface area (Å²) in [7, 11) is 0. The summed E-state index contributed by atoms with van der Waals surface area (Å²) in [5, 5.41) is 15.3. The Balaban J connectivity index is 0.00000192. The van der Waals surface area contributed by atoms with Crippen molar-refractivity contribution in [1.29, 1.82) is 0 Å². The monoisotopic (exact) mass is 434 g/mol. The van der Waals surface area contributed by atoms with Crippen molar-refractivity contribution in [3.05, 3.63) is 39.6 Å². The van der Waals surface area contributed by atoms with Crippen molar-refractivity contribution in [1.82, 2.24) is 14.9 Å². The lowest BCUT2D eigenvalue weighted by molar-refractivity contribution is 0.647. The van der Waals surface area contributed by atoms with E-state index in [0.29, 0.717) is 10.0 Å². The second kappa shape index (κ2) is 8.51. The van der Waals surface area contributed by atoms with E-state index in [1.807, 2.05) is 16.8 Å². The Bertz CT molecular complexity index is 717. The van der Waals surface area contributed by atoms with Gasteiger partial charge in [0.05, 0.1) is 10.7 Å². The highest BCUT2D eigenvalue weighted by molar-refractivity contribution is 8.93. The van der Waals surface area contributed by atoms with Crippen molar-refractivity contribution in [2.75, 3.05) is 5.75 Å². The van der Waals surface area contributed by atoms with Gasteiger partial charge in [-0.3, -0.25) is 0 Å². The van der Waals surface area contributed by atoms with Crippen LogP contribution in [0.25, 0.3) is 0 Å². The number of nitrogens with zero attached hydrogens (tertiary/aromatic N) is 4. The minimum Gasteiger partial charge on any atom is -0.191 e. The van der Waals surface area contributed by atoms with Crippen molar-refractivity contribution in [2.24, 2.45) is 5.10 Å². The predicted octanol–water partition coefficient (Wildman–Crippen LogP) is 5.25. The molecule has 8 heteroatoms. The van der Waals surface area contributed by atoms with Gasteiger partial charge in [-0.15, -0.1) is 27.2 Å². The summed E-state index contributed by atoms with van der Waals surface area (Å²) in [4.78, 5) is 0. The zero-order chi connectivity index (χ0) is 15.5. The van der Waals surface area contributed by atoms with Gasteiger partial charge in [0, 0.05) is 22.8 Å². The SMILES string of the molecule is Br.CCCCCc1nnc2n1N=C(c1ccc(Cl)cc1Cl)CS2. The van der Waals surface area contributed by atoms with Crippen LogP contribution >= 0.6 is 51.9 Å². The molecule has 3 rings (SSSR count). The van der Waals surface area contributed by atoms with Crippen LogP contribution in [0.2, 0.25) is 10.0 Å². The maximum atomic E-state index is 6.29. The predicted molar refractivity (Wildman–Crippen MR) is 103 cm³/mol. The molecular formula is C15H17BrCl2N4S. The number of halogens is 3. The zero-order valence-corrected chi connectivity index (χ0v) is 16.7. The van der Waals surface area contributed by atoms with Crippen LogP contribution in [0, 0.1) is 0 Å². The molecule has 0 N–H and O–H groups in total. The highest BCUT2D eigenvalue weighted by atomic mass is 79.9. The van der Waals surface area contributed by atoms with Crippen LogP contribution in [0.1, 0.15) is 37.6 Å². The first-order valence-corrected chi connectivity index (χ1v) is 9.03. The van der Waals surface area contributed by atoms with Crippen LogP contribution in [0.15, 0.2) is 28.5 Å². The molecule has 4 nitrogen and oxygen atoms in total. The molecule has 124 valence electrons. The van der Waals surface area contributed by atoms with E-state index in [1.54, 1.807) is 17.8 Å². The van der Waals surface area contributed by atoms with Crippen LogP contribution in [0.5, 0.6) is 0 Å². The lowest BCUT2D eigenvalue weighted by Gasteiger charge is -2.15. The van der Waals surface area contributed by atoms with E-state index >= 15 is 0 Å². The summed E-state index contributed by atoms with van der Waals surface area (Å²) < 4.78 is 1.85. The van der Waals surface area contributed by atoms with Gasteiger partial charge in [-0.05, 0) is 18.6 Å². The molecule has 0 spiro atoms. The molecule has 2 heterocycles. The molecule has 0 saturated heterocycles. The van der Waals surface area contributed by atoms with Gasteiger partial charge < -0.3 is 0 Å². The molecule has 0 unspecified atom stereocenters. The van der Waals surface area contributed by atoms with Crippen LogP contribution in [-0.4, -0.2) is 26.3 Å². The molecule has 0 radical (unpaired) electrons. The summed E-state index contributed by atoms with van der Waals surface area (Å²) in [5.41, 5.74) is 1.84. The normalized spacial score (nSPS) is 13.3. The molecule has 2 aromatic rings. The number of hydrogen-bond acceptors (Lipinski definition) is 4. The van der Waals surface area contributed by atoms with Gasteiger partial charge in [0.1, 0.15) is 0 Å². The Kier molecular flexibility index (Phi) is 6.95. The van der Waals surface area contributed by atoms with E-state index in [2.05, 4.69) is 17.1 Å². The summed E-state index contributed by atoms with van der Waals surface area (Å²) in [6.07, 6.45) is 4.37. The minimum absolute atomic E-state index is 0. The lowest BCUT2D eigenvalue weighted by Crippen LogP contribution is -2.15. The first kappa shape index (κ1) is 18.8. The van der Waals surface area contributed by atoms with Gasteiger partial charge in [0.25, 0.3) is 0 Å². The third-order valence-electron chi connectivity index (χ3n) is 3.48. The average Bonchev–Trinajstić information content (AvgIpc) is 2.90. The van der Waals surface area contributed by atoms with Crippen LogP contribution in [-0.2, 0) is 6.42 Å². The van der Waals surface area contributed by atoms with Gasteiger partial charge in [-0.2, -0.15) is 9.78 Å². The molecule has 0 saturated carbocycles. The van der Waals surface area contributed by atoms with E-state index in [1.165, 1.54) is 12.8 Å². The summed E-state index contributed by atoms with van der Waals surface area (Å²) in [5.74, 6) is 1.65. The molecule has 0 bridgehead atoms. The van der Waals surface area contributed by atoms with E-state index in [9.17, 15) is 0 Å². The standard InChI is InChI=1S/C15H16Cl2N4S.BrH/c1-2-3-4-5-14-18-19-15-21(14)20-13(9-22-15)11-7-6-10(16)8-12(11)17;/h6-8H,2-5,9H2,1H3;1H. The second-order valence-corrected chi connectivity index (χ2v) is 6.91. The summed E-state index contributed by atoms with van der Waals surface area (Å²) in [6.45, 7) is 2.19. The molecule has 0 fully saturated rings. The number of aromatic nitrogens is 3. The molecule has 1 aliphatic heterocycles. The maximum absolute atomic E-state index is 6.29. The average molecular weight is 436 g/mol. The molecule has 23 heavy (non-hydrogen) atoms. The van der Waals surface area contributed by atoms with Crippen molar-refractivity contribution < 1.29 is 0 Å². The first-order valence-electron chi connectivity index (χ1n) is 7.29. The second-order valence-electron chi connectivity index (χ2n) is 5.13. The topological polar surface area (TPSA) is 43.1 Å². The Labute approximate surface area is 160 Å². The quantitative estimate of drug-likeness (QED) is 0.602. The summed E-state index contributed by atoms with van der Waals surface area (Å²) in [6, 6.07) is 5.49. The van der Waals surface area contributed by atoms with Crippen LogP contribution in [0.4, 0.5) is 0 Å². The zero-order valence-electron chi connectivity index (χ0n) is 12.6. The smallest absolute Gasteiger partial charge is 0.191 e. The molecule has 0 atom stereocenters. The fourth-order valence-electron chi connectivity index (χ4n) is 2.31. The first-order chi connectivity index (χ1) is 10.7. The van der Waals surface area contributed by atoms with Gasteiger partial charge in [0.15, 0.2) is 5.82 Å². The van der Waals surface area contributed by atoms with Gasteiger partial charge in [-0.25, -0.2) is 0 Å². The van der Waals surface area contributed by atoms with Crippen LogP contribution < -0.4 is 0 Å². The van der Waals surface area contributed by atoms with E-state index in [4.69, 9.17) is 28.3 Å². The van der Waals surface area contributed by atoms with Gasteiger partial charge in [-0.1, -0.05) is 60.8 Å². The molecular weight excluding hydrogens is 419 g/mol. The lowest BCUT2D eigenvalue weighted by atomic mass is 10.1. The fourth-order valence-corrected chi connectivity index (χ4v) is 3.68. The third-order valence-corrected chi connectivity index (χ3v) is 4.96. The number of aryl methyl sites for hydroxylation is 1. The highest BCUT2D eigenvalue weighted by Gasteiger charge is 2.20. The number of unbranched alkanes of at least 4 members (excludes halogenated alkanes) is 2. The molecule has 1 aromatic carbocycles. The molecule has 0 aliphatic carbocycles. The highest BCUT2D eigenvalue weighted by Crippen LogP contribution is 2.28. The van der Waals surface area contributed by atoms with Gasteiger partial charge in [0.2, 0.25) is 5.16 Å². The molecule has 1 aliphatic rings. The maximum Gasteiger partial charge on any atom is 0.212 e. The van der Waals surface area contributed by atoms with Gasteiger partial charge >= 0.3 is 0 Å². The Morgan fingerprint density at radius 2 is 2.04 bits per heavy atom. The van der Waals surface area contributed by atoms with E-state index < -0.39 is 0 Å². The molecule has 0 amide bonds. The number of rotatable bonds is 5. The number of benzene rings is 1. The minimum atomic E-state index is 0. The number of hydrogen-bond donors (Lipinski definition) is 0. The Hall–Kier alpha value is -0.560. The summed E-state index contributed by atoms with van der Waals surface area (Å²) >= 11 is 13.9. The molecule has 1 aromatic heterocycles. The fraction of sp³-hybridized carbons (Fsp3) is 0.400. The Morgan fingerprint density at radius 3 is 2.78 bits per heavy atom. The van der Waals surface area contributed by atoms with E-state index in [0.717, 1.165) is 40.9 Å². The van der Waals surface area contributed by atoms with Crippen molar-refractivity contribution in [2.45, 2.75) is 37.8 Å². The third kappa shape index (κ3) is 4.29. The van der Waals surface area contributed by atoms with E-state index in [-0.39, 0.29) is 17.0 Å². The number of fused-ring (bicyclic) bond motifs is 1. The van der Waals surface area contributed by atoms with Crippen molar-refractivity contribution in [3.63, 3.8) is 0 Å². The van der Waals surface area contributed by atoms with Crippen molar-refractivity contribution >= 4 is 57.7 Å². The van der Waals surface area contributed by atoms with Crippen molar-refractivity contribution in [3.8, 4) is 0 Å². The Morgan fingerprint density at radius 1 is 1.22 bits per heavy atom. The van der Waals surface area contributed by atoms with Crippen LogP contribution in [0.3, 0.4) is 0 Å². The number of thioether (sulfide) groups is 1. The largest absolute Gasteiger partial charge is 0.212 e.